The number of hydrogen-bond donors (Lipinski definition) is 8. The summed E-state index contributed by atoms with van der Waals surface area (Å²) in [5.41, 5.74) is 15.5. The molecule has 3 aromatic rings. The number of aromatic nitrogens is 2. The molecule has 0 aliphatic heterocycles. The molecule has 2 aromatic carbocycles. The number of hydrogen-bond acceptors (Lipinski definition) is 12. The largest absolute Gasteiger partial charge is 0.394 e. The molecule has 280 valence electrons. The summed E-state index contributed by atoms with van der Waals surface area (Å²) in [5, 5.41) is 45.8. The van der Waals surface area contributed by atoms with E-state index >= 15 is 0 Å². The fraction of sp³-hybridized carbons (Fsp3) is 0.526. The molecular formula is C38H57N7O6. The second-order valence-electron chi connectivity index (χ2n) is 13.3. The van der Waals surface area contributed by atoms with E-state index in [1.54, 1.807) is 0 Å². The summed E-state index contributed by atoms with van der Waals surface area (Å²) in [4.78, 5) is 35.8. The Labute approximate surface area is 301 Å². The summed E-state index contributed by atoms with van der Waals surface area (Å²) in [7, 11) is 0. The van der Waals surface area contributed by atoms with Gasteiger partial charge in [-0.3, -0.25) is 9.59 Å². The molecule has 51 heavy (non-hydrogen) atoms. The number of unbranched alkanes of at least 4 members (excludes halogenated alkanes) is 3. The minimum atomic E-state index is -1.45. The summed E-state index contributed by atoms with van der Waals surface area (Å²) >= 11 is 0. The number of carbonyl (C=O) groups excluding carboxylic acids is 2. The van der Waals surface area contributed by atoms with Crippen LogP contribution in [0.5, 0.6) is 0 Å². The number of ketones is 1. The third-order valence-electron chi connectivity index (χ3n) is 9.02. The van der Waals surface area contributed by atoms with Crippen LogP contribution in [0.1, 0.15) is 83.0 Å². The van der Waals surface area contributed by atoms with Gasteiger partial charge in [0.2, 0.25) is 0 Å². The molecule has 10 N–H and O–H groups in total. The molecule has 0 fully saturated rings. The zero-order valence-corrected chi connectivity index (χ0v) is 30.0. The van der Waals surface area contributed by atoms with Crippen molar-refractivity contribution >= 4 is 23.3 Å². The topological polar surface area (TPSA) is 220 Å². The Morgan fingerprint density at radius 2 is 1.65 bits per heavy atom. The Morgan fingerprint density at radius 3 is 2.33 bits per heavy atom. The van der Waals surface area contributed by atoms with E-state index in [0.717, 1.165) is 37.7 Å². The van der Waals surface area contributed by atoms with E-state index in [2.05, 4.69) is 46.6 Å². The highest BCUT2D eigenvalue weighted by Crippen LogP contribution is 2.15. The number of Topliss-reactive ketones (excluding diaryl/α,β-unsaturated/α-hetero) is 1. The number of amides is 1. The van der Waals surface area contributed by atoms with Crippen LogP contribution in [0.25, 0.3) is 0 Å². The van der Waals surface area contributed by atoms with Crippen LogP contribution < -0.4 is 22.1 Å². The Kier molecular flexibility index (Phi) is 17.9. The quantitative estimate of drug-likeness (QED) is 0.0497. The Morgan fingerprint density at radius 1 is 0.922 bits per heavy atom. The number of aliphatic hydroxyl groups is 4. The van der Waals surface area contributed by atoms with Crippen molar-refractivity contribution in [2.45, 2.75) is 83.6 Å². The number of rotatable bonds is 24. The highest BCUT2D eigenvalue weighted by molar-refractivity contribution is 5.96. The van der Waals surface area contributed by atoms with Gasteiger partial charge in [0.15, 0.2) is 17.3 Å². The van der Waals surface area contributed by atoms with E-state index in [9.17, 15) is 24.9 Å². The van der Waals surface area contributed by atoms with Crippen molar-refractivity contribution in [1.82, 2.24) is 25.5 Å². The lowest BCUT2D eigenvalue weighted by molar-refractivity contribution is -0.0842. The number of nitrogens with zero attached hydrogens (tertiary/aromatic N) is 3. The van der Waals surface area contributed by atoms with E-state index < -0.39 is 30.8 Å². The van der Waals surface area contributed by atoms with Gasteiger partial charge in [-0.2, -0.15) is 0 Å². The predicted octanol–water partition coefficient (Wildman–Crippen LogP) is 2.25. The predicted molar refractivity (Wildman–Crippen MR) is 199 cm³/mol. The van der Waals surface area contributed by atoms with Crippen LogP contribution in [0, 0.1) is 12.8 Å². The second-order valence-corrected chi connectivity index (χ2v) is 13.3. The third kappa shape index (κ3) is 14.3. The molecule has 4 atom stereocenters. The molecule has 0 saturated heterocycles. The van der Waals surface area contributed by atoms with E-state index in [1.807, 2.05) is 41.3 Å². The summed E-state index contributed by atoms with van der Waals surface area (Å²) in [5.74, 6) is -0.197. The minimum Gasteiger partial charge on any atom is -0.394 e. The van der Waals surface area contributed by atoms with Gasteiger partial charge >= 0.3 is 0 Å². The van der Waals surface area contributed by atoms with Crippen LogP contribution in [-0.4, -0.2) is 105 Å². The molecular weight excluding hydrogens is 650 g/mol. The molecule has 0 unspecified atom stereocenters. The lowest BCUT2D eigenvalue weighted by Crippen LogP contribution is -2.46. The number of anilines is 2. The van der Waals surface area contributed by atoms with E-state index in [0.29, 0.717) is 51.1 Å². The molecule has 0 aliphatic carbocycles. The van der Waals surface area contributed by atoms with Gasteiger partial charge < -0.3 is 47.4 Å². The van der Waals surface area contributed by atoms with E-state index in [-0.39, 0.29) is 35.6 Å². The van der Waals surface area contributed by atoms with Gasteiger partial charge in [-0.15, -0.1) is 0 Å². The Hall–Kier alpha value is -3.98. The van der Waals surface area contributed by atoms with Crippen LogP contribution in [0.3, 0.4) is 0 Å². The van der Waals surface area contributed by atoms with Crippen molar-refractivity contribution in [1.29, 1.82) is 0 Å². The molecule has 13 nitrogen and oxygen atoms in total. The Balaban J connectivity index is 1.52. The minimum absolute atomic E-state index is 0.0183. The average molecular weight is 708 g/mol. The van der Waals surface area contributed by atoms with Gasteiger partial charge in [-0.05, 0) is 61.9 Å². The van der Waals surface area contributed by atoms with E-state index in [1.165, 1.54) is 17.3 Å². The van der Waals surface area contributed by atoms with Gasteiger partial charge in [0, 0.05) is 38.2 Å². The number of benzene rings is 2. The van der Waals surface area contributed by atoms with Gasteiger partial charge in [0.05, 0.1) is 18.9 Å². The first-order valence-corrected chi connectivity index (χ1v) is 17.9. The van der Waals surface area contributed by atoms with Gasteiger partial charge in [0.1, 0.15) is 18.0 Å². The van der Waals surface area contributed by atoms with Crippen LogP contribution in [0.4, 0.5) is 11.6 Å². The number of nitrogen functional groups attached to an aromatic ring is 2. The first kappa shape index (κ1) is 41.4. The monoisotopic (exact) mass is 707 g/mol. The lowest BCUT2D eigenvalue weighted by atomic mass is 9.95. The van der Waals surface area contributed by atoms with Gasteiger partial charge in [-0.25, -0.2) is 9.97 Å². The molecule has 0 aliphatic rings. The highest BCUT2D eigenvalue weighted by Gasteiger charge is 2.26. The fourth-order valence-electron chi connectivity index (χ4n) is 5.91. The van der Waals surface area contributed by atoms with Crippen LogP contribution >= 0.6 is 0 Å². The van der Waals surface area contributed by atoms with Crippen molar-refractivity contribution in [2.75, 3.05) is 50.8 Å². The number of carbonyl (C=O) groups is 2. The maximum absolute atomic E-state index is 13.0. The number of nitrogens with one attached hydrogen (secondary N) is 2. The lowest BCUT2D eigenvalue weighted by Gasteiger charge is -2.28. The maximum Gasteiger partial charge on any atom is 0.273 e. The number of aliphatic hydroxyl groups excluding tert-OH is 4. The summed E-state index contributed by atoms with van der Waals surface area (Å²) < 4.78 is 0. The molecule has 1 aromatic heterocycles. The molecule has 0 saturated carbocycles. The van der Waals surface area contributed by atoms with Crippen molar-refractivity contribution in [2.24, 2.45) is 5.92 Å². The second kappa shape index (κ2) is 22.1. The highest BCUT2D eigenvalue weighted by atomic mass is 16.4. The van der Waals surface area contributed by atoms with Crippen molar-refractivity contribution in [3.63, 3.8) is 0 Å². The molecule has 1 heterocycles. The van der Waals surface area contributed by atoms with Crippen LogP contribution in [0.15, 0.2) is 54.7 Å². The van der Waals surface area contributed by atoms with Gasteiger partial charge in [0.25, 0.3) is 5.91 Å². The van der Waals surface area contributed by atoms with E-state index in [4.69, 9.17) is 16.6 Å². The normalized spacial score (nSPS) is 13.9. The summed E-state index contributed by atoms with van der Waals surface area (Å²) in [6, 6.07) is 15.7. The van der Waals surface area contributed by atoms with Crippen LogP contribution in [0.2, 0.25) is 0 Å². The van der Waals surface area contributed by atoms with Gasteiger partial charge in [-0.1, -0.05) is 74.7 Å². The standard InChI is InChI=1S/C38H57N7O6/c1-3-4-5-8-17-45(24-32(48)36(50)33(49)25-46)18-9-12-31(47)29-15-13-27(14-16-29)20-41-21-28(19-30-11-7-6-10-26(30)2)22-43-38(51)35-37(40)44-34(39)23-42-35/h6-7,10-11,13-16,23,28,32-33,36,41,46,48-50H,3-5,8-9,12,17-22,24-25H2,1-2H3,(H,43,51)(H4,39,40,44)/t28-,32-,33+,36+/m0/s1. The zero-order chi connectivity index (χ0) is 37.2. The first-order valence-electron chi connectivity index (χ1n) is 17.9. The average Bonchev–Trinajstić information content (AvgIpc) is 3.12. The molecule has 0 radical (unpaired) electrons. The smallest absolute Gasteiger partial charge is 0.273 e. The summed E-state index contributed by atoms with van der Waals surface area (Å²) in [6.07, 6.45) is 3.07. The molecule has 0 spiro atoms. The molecule has 0 bridgehead atoms. The third-order valence-corrected chi connectivity index (χ3v) is 9.02. The maximum atomic E-state index is 13.0. The SMILES string of the molecule is CCCCCCN(CCCC(=O)c1ccc(CNC[C@@H](CNC(=O)c2ncc(N)nc2N)Cc2ccccc2C)cc1)C[C@H](O)[C@@H](O)[C@H](O)CO. The zero-order valence-electron chi connectivity index (χ0n) is 30.0. The molecule has 13 heteroatoms. The number of nitrogens with two attached hydrogens (primary N) is 2. The van der Waals surface area contributed by atoms with Crippen molar-refractivity contribution < 1.29 is 30.0 Å². The van der Waals surface area contributed by atoms with Crippen molar-refractivity contribution in [3.05, 3.63) is 82.7 Å². The number of aryl methyl sites for hydroxylation is 1. The summed E-state index contributed by atoms with van der Waals surface area (Å²) in [6.45, 7) is 6.57. The molecule has 1 amide bonds. The van der Waals surface area contributed by atoms with Crippen molar-refractivity contribution in [3.8, 4) is 0 Å². The molecule has 3 rings (SSSR count). The Bertz CT molecular complexity index is 1490. The van der Waals surface area contributed by atoms with Crippen LogP contribution in [-0.2, 0) is 13.0 Å². The fourth-order valence-corrected chi connectivity index (χ4v) is 5.91. The first-order chi connectivity index (χ1) is 24.5.